The third kappa shape index (κ3) is 8.98. The molecule has 2 aliphatic rings. The molecule has 4 atom stereocenters. The highest BCUT2D eigenvalue weighted by molar-refractivity contribution is 5.82. The van der Waals surface area contributed by atoms with Crippen LogP contribution in [-0.2, 0) is 19.1 Å². The van der Waals surface area contributed by atoms with Gasteiger partial charge in [-0.2, -0.15) is 0 Å². The van der Waals surface area contributed by atoms with Crippen LogP contribution in [0.25, 0.3) is 0 Å². The minimum Gasteiger partial charge on any atom is -0.465 e. The average molecular weight is 423 g/mol. The van der Waals surface area contributed by atoms with Crippen molar-refractivity contribution in [3.63, 3.8) is 0 Å². The van der Waals surface area contributed by atoms with Gasteiger partial charge >= 0.3 is 11.9 Å². The number of rotatable bonds is 13. The molecule has 30 heavy (non-hydrogen) atoms. The summed E-state index contributed by atoms with van der Waals surface area (Å²) < 4.78 is 11.5. The second-order valence-electron chi connectivity index (χ2n) is 9.73. The van der Waals surface area contributed by atoms with Crippen LogP contribution in [0.5, 0.6) is 0 Å². The van der Waals surface area contributed by atoms with Crippen LogP contribution in [0.3, 0.4) is 0 Å². The van der Waals surface area contributed by atoms with Gasteiger partial charge in [0.05, 0.1) is 18.4 Å². The van der Waals surface area contributed by atoms with Gasteiger partial charge in [-0.15, -0.1) is 0 Å². The van der Waals surface area contributed by atoms with Crippen LogP contribution in [-0.4, -0.2) is 24.6 Å². The Morgan fingerprint density at radius 1 is 0.700 bits per heavy atom. The minimum absolute atomic E-state index is 0.0341. The SMILES string of the molecule is CCCCCCCCCCCOC(=O)C1CCCCC1C(=O)OC1CCCCC1C. The molecule has 174 valence electrons. The zero-order valence-corrected chi connectivity index (χ0v) is 19.7. The smallest absolute Gasteiger partial charge is 0.310 e. The summed E-state index contributed by atoms with van der Waals surface area (Å²) in [6.45, 7) is 4.92. The molecule has 0 amide bonds. The van der Waals surface area contributed by atoms with Crippen molar-refractivity contribution in [2.75, 3.05) is 6.61 Å². The van der Waals surface area contributed by atoms with Gasteiger partial charge in [0, 0.05) is 0 Å². The number of carbonyl (C=O) groups is 2. The topological polar surface area (TPSA) is 52.6 Å². The van der Waals surface area contributed by atoms with Gasteiger partial charge in [-0.25, -0.2) is 0 Å². The summed E-state index contributed by atoms with van der Waals surface area (Å²) in [5.41, 5.74) is 0. The summed E-state index contributed by atoms with van der Waals surface area (Å²) in [5.74, 6) is -0.498. The largest absolute Gasteiger partial charge is 0.465 e. The Labute approximate surface area is 184 Å². The lowest BCUT2D eigenvalue weighted by molar-refractivity contribution is -0.168. The van der Waals surface area contributed by atoms with E-state index in [1.807, 2.05) is 0 Å². The highest BCUT2D eigenvalue weighted by atomic mass is 16.5. The first kappa shape index (κ1) is 25.2. The fourth-order valence-electron chi connectivity index (χ4n) is 5.08. The Morgan fingerprint density at radius 3 is 1.87 bits per heavy atom. The van der Waals surface area contributed by atoms with Gasteiger partial charge < -0.3 is 9.47 Å². The predicted octanol–water partition coefficient (Wildman–Crippen LogP) is 6.99. The zero-order chi connectivity index (χ0) is 21.6. The zero-order valence-electron chi connectivity index (χ0n) is 19.7. The van der Waals surface area contributed by atoms with Gasteiger partial charge in [0.2, 0.25) is 0 Å². The summed E-state index contributed by atoms with van der Waals surface area (Å²) in [6.07, 6.45) is 19.3. The standard InChI is InChI=1S/C26H46O4/c1-3-4-5-6-7-8-9-10-15-20-29-25(27)22-17-12-13-18-23(22)26(28)30-24-19-14-11-16-21(24)2/h21-24H,3-20H2,1-2H3. The lowest BCUT2D eigenvalue weighted by Gasteiger charge is -2.33. The second-order valence-corrected chi connectivity index (χ2v) is 9.73. The van der Waals surface area contributed by atoms with Crippen LogP contribution < -0.4 is 0 Å². The Balaban J connectivity index is 1.64. The maximum atomic E-state index is 12.8. The maximum absolute atomic E-state index is 12.8. The molecular formula is C26H46O4. The van der Waals surface area contributed by atoms with Crippen LogP contribution in [0.2, 0.25) is 0 Å². The van der Waals surface area contributed by atoms with E-state index >= 15 is 0 Å². The van der Waals surface area contributed by atoms with Crippen molar-refractivity contribution in [3.05, 3.63) is 0 Å². The monoisotopic (exact) mass is 422 g/mol. The molecule has 0 radical (unpaired) electrons. The van der Waals surface area contributed by atoms with Crippen LogP contribution in [0.1, 0.15) is 123 Å². The van der Waals surface area contributed by atoms with E-state index in [0.717, 1.165) is 57.8 Å². The number of hydrogen-bond donors (Lipinski definition) is 0. The lowest BCUT2D eigenvalue weighted by atomic mass is 9.79. The summed E-state index contributed by atoms with van der Waals surface area (Å²) in [4.78, 5) is 25.5. The van der Waals surface area contributed by atoms with E-state index in [-0.39, 0.29) is 29.9 Å². The van der Waals surface area contributed by atoms with Crippen molar-refractivity contribution in [2.45, 2.75) is 129 Å². The van der Waals surface area contributed by atoms with Crippen molar-refractivity contribution in [1.82, 2.24) is 0 Å². The van der Waals surface area contributed by atoms with Crippen LogP contribution in [0, 0.1) is 17.8 Å². The molecule has 4 nitrogen and oxygen atoms in total. The number of unbranched alkanes of at least 4 members (excludes halogenated alkanes) is 8. The van der Waals surface area contributed by atoms with Gasteiger partial charge in [-0.1, -0.05) is 84.5 Å². The molecule has 4 unspecified atom stereocenters. The fourth-order valence-corrected chi connectivity index (χ4v) is 5.08. The molecular weight excluding hydrogens is 376 g/mol. The molecule has 0 aromatic rings. The number of esters is 2. The first-order valence-corrected chi connectivity index (χ1v) is 13.0. The molecule has 2 rings (SSSR count). The summed E-state index contributed by atoms with van der Waals surface area (Å²) in [7, 11) is 0. The van der Waals surface area contributed by atoms with Crippen molar-refractivity contribution < 1.29 is 19.1 Å². The summed E-state index contributed by atoms with van der Waals surface area (Å²) >= 11 is 0. The Kier molecular flexibility index (Phi) is 12.5. The van der Waals surface area contributed by atoms with E-state index in [9.17, 15) is 9.59 Å². The molecule has 0 heterocycles. The molecule has 4 heteroatoms. The molecule has 2 fully saturated rings. The average Bonchev–Trinajstić information content (AvgIpc) is 2.76. The van der Waals surface area contributed by atoms with Gasteiger partial charge in [-0.05, 0) is 44.4 Å². The van der Waals surface area contributed by atoms with Crippen molar-refractivity contribution in [3.8, 4) is 0 Å². The molecule has 0 spiro atoms. The van der Waals surface area contributed by atoms with Gasteiger partial charge in [0.15, 0.2) is 0 Å². The van der Waals surface area contributed by atoms with Crippen molar-refractivity contribution in [1.29, 1.82) is 0 Å². The van der Waals surface area contributed by atoms with Gasteiger partial charge in [0.25, 0.3) is 0 Å². The predicted molar refractivity (Wildman–Crippen MR) is 121 cm³/mol. The first-order chi connectivity index (χ1) is 14.6. The molecule has 0 aromatic carbocycles. The normalized spacial score (nSPS) is 26.9. The van der Waals surface area contributed by atoms with Crippen LogP contribution in [0.4, 0.5) is 0 Å². The molecule has 2 aliphatic carbocycles. The molecule has 0 N–H and O–H groups in total. The highest BCUT2D eigenvalue weighted by Gasteiger charge is 2.39. The van der Waals surface area contributed by atoms with Gasteiger partial charge in [0.1, 0.15) is 6.10 Å². The van der Waals surface area contributed by atoms with E-state index in [2.05, 4.69) is 13.8 Å². The molecule has 0 aliphatic heterocycles. The van der Waals surface area contributed by atoms with E-state index in [0.29, 0.717) is 12.5 Å². The Hall–Kier alpha value is -1.06. The third-order valence-electron chi connectivity index (χ3n) is 7.16. The summed E-state index contributed by atoms with van der Waals surface area (Å²) in [5, 5.41) is 0. The third-order valence-corrected chi connectivity index (χ3v) is 7.16. The molecule has 0 bridgehead atoms. The second kappa shape index (κ2) is 14.9. The Morgan fingerprint density at radius 2 is 1.23 bits per heavy atom. The maximum Gasteiger partial charge on any atom is 0.310 e. The first-order valence-electron chi connectivity index (χ1n) is 13.0. The van der Waals surface area contributed by atoms with Crippen LogP contribution >= 0.6 is 0 Å². The Bertz CT molecular complexity index is 489. The lowest BCUT2D eigenvalue weighted by Crippen LogP contribution is -2.38. The highest BCUT2D eigenvalue weighted by Crippen LogP contribution is 2.34. The molecule has 0 aromatic heterocycles. The minimum atomic E-state index is -0.302. The quantitative estimate of drug-likeness (QED) is 0.237. The fraction of sp³-hybridized carbons (Fsp3) is 0.923. The van der Waals surface area contributed by atoms with Crippen molar-refractivity contribution in [2.24, 2.45) is 17.8 Å². The van der Waals surface area contributed by atoms with E-state index in [1.165, 1.54) is 51.4 Å². The van der Waals surface area contributed by atoms with Crippen LogP contribution in [0.15, 0.2) is 0 Å². The number of hydrogen-bond acceptors (Lipinski definition) is 4. The van der Waals surface area contributed by atoms with E-state index in [1.54, 1.807) is 0 Å². The van der Waals surface area contributed by atoms with Crippen molar-refractivity contribution >= 4 is 11.9 Å². The van der Waals surface area contributed by atoms with Gasteiger partial charge in [-0.3, -0.25) is 9.59 Å². The summed E-state index contributed by atoms with van der Waals surface area (Å²) in [6, 6.07) is 0. The molecule has 0 saturated heterocycles. The van der Waals surface area contributed by atoms with E-state index < -0.39 is 0 Å². The number of carbonyl (C=O) groups excluding carboxylic acids is 2. The number of ether oxygens (including phenoxy) is 2. The van der Waals surface area contributed by atoms with E-state index in [4.69, 9.17) is 9.47 Å². The molecule has 2 saturated carbocycles.